The van der Waals surface area contributed by atoms with Crippen LogP contribution in [0.25, 0.3) is 22.8 Å². The molecule has 0 aliphatic rings. The van der Waals surface area contributed by atoms with E-state index in [0.29, 0.717) is 33.7 Å². The zero-order valence-corrected chi connectivity index (χ0v) is 14.2. The van der Waals surface area contributed by atoms with Crippen LogP contribution >= 0.6 is 11.6 Å². The van der Waals surface area contributed by atoms with Crippen LogP contribution in [-0.2, 0) is 0 Å². The van der Waals surface area contributed by atoms with Crippen LogP contribution in [0.15, 0.2) is 88.0 Å². The third-order valence-electron chi connectivity index (χ3n) is 3.54. The highest BCUT2D eigenvalue weighted by Crippen LogP contribution is 2.31. The summed E-state index contributed by atoms with van der Waals surface area (Å²) in [5, 5.41) is 9.14. The van der Waals surface area contributed by atoms with Crippen LogP contribution in [-0.4, -0.2) is 15.0 Å². The van der Waals surface area contributed by atoms with Crippen molar-refractivity contribution in [2.45, 2.75) is 0 Å². The number of azo groups is 1. The molecule has 4 rings (SSSR count). The second-order valence-corrected chi connectivity index (χ2v) is 5.76. The lowest BCUT2D eigenvalue weighted by atomic mass is 10.2. The maximum atomic E-state index is 5.89. The number of furan rings is 1. The Hall–Kier alpha value is -3.38. The van der Waals surface area contributed by atoms with Crippen LogP contribution in [0.3, 0.4) is 0 Å². The SMILES string of the molecule is Clc1ccc(N=Nc2cnc(-c3cccnc3)nc2-c2ccco2)cc1. The minimum absolute atomic E-state index is 0.502. The van der Waals surface area contributed by atoms with E-state index >= 15 is 0 Å². The first kappa shape index (κ1) is 16.1. The van der Waals surface area contributed by atoms with Crippen molar-refractivity contribution < 1.29 is 4.42 Å². The van der Waals surface area contributed by atoms with E-state index in [1.807, 2.05) is 18.2 Å². The summed E-state index contributed by atoms with van der Waals surface area (Å²) in [5.74, 6) is 1.12. The number of halogens is 1. The molecule has 126 valence electrons. The van der Waals surface area contributed by atoms with Gasteiger partial charge in [0.05, 0.1) is 18.1 Å². The smallest absolute Gasteiger partial charge is 0.161 e. The van der Waals surface area contributed by atoms with Crippen molar-refractivity contribution >= 4 is 23.0 Å². The number of nitrogens with zero attached hydrogens (tertiary/aromatic N) is 5. The summed E-state index contributed by atoms with van der Waals surface area (Å²) < 4.78 is 5.49. The van der Waals surface area contributed by atoms with Gasteiger partial charge in [-0.15, -0.1) is 5.11 Å². The number of benzene rings is 1. The molecule has 0 saturated carbocycles. The average Bonchev–Trinajstić information content (AvgIpc) is 3.23. The van der Waals surface area contributed by atoms with Crippen LogP contribution < -0.4 is 0 Å². The lowest BCUT2D eigenvalue weighted by Gasteiger charge is -2.04. The van der Waals surface area contributed by atoms with Crippen molar-refractivity contribution in [1.82, 2.24) is 15.0 Å². The molecule has 0 saturated heterocycles. The molecular formula is C19H12ClN5O. The summed E-state index contributed by atoms with van der Waals surface area (Å²) in [6.45, 7) is 0. The van der Waals surface area contributed by atoms with E-state index in [2.05, 4.69) is 25.2 Å². The molecule has 0 radical (unpaired) electrons. The molecule has 4 aromatic rings. The van der Waals surface area contributed by atoms with Gasteiger partial charge in [0.25, 0.3) is 0 Å². The van der Waals surface area contributed by atoms with Gasteiger partial charge in [-0.2, -0.15) is 5.11 Å². The minimum Gasteiger partial charge on any atom is -0.463 e. The van der Waals surface area contributed by atoms with Gasteiger partial charge in [0.15, 0.2) is 11.6 Å². The molecule has 0 fully saturated rings. The largest absolute Gasteiger partial charge is 0.463 e. The maximum absolute atomic E-state index is 5.89. The predicted octanol–water partition coefficient (Wildman–Crippen LogP) is 5.87. The van der Waals surface area contributed by atoms with E-state index in [4.69, 9.17) is 16.0 Å². The van der Waals surface area contributed by atoms with Crippen molar-refractivity contribution in [3.05, 3.63) is 78.4 Å². The normalized spacial score (nSPS) is 11.1. The van der Waals surface area contributed by atoms with E-state index in [9.17, 15) is 0 Å². The van der Waals surface area contributed by atoms with E-state index in [-0.39, 0.29) is 0 Å². The van der Waals surface area contributed by atoms with Crippen LogP contribution in [0.2, 0.25) is 5.02 Å². The summed E-state index contributed by atoms with van der Waals surface area (Å²) in [4.78, 5) is 13.1. The number of hydrogen-bond donors (Lipinski definition) is 0. The van der Waals surface area contributed by atoms with E-state index in [1.54, 1.807) is 55.2 Å². The lowest BCUT2D eigenvalue weighted by Crippen LogP contribution is -1.92. The fourth-order valence-electron chi connectivity index (χ4n) is 2.30. The fraction of sp³-hybridized carbons (Fsp3) is 0. The van der Waals surface area contributed by atoms with E-state index in [1.165, 1.54) is 0 Å². The topological polar surface area (TPSA) is 76.5 Å². The Morgan fingerprint density at radius 2 is 1.81 bits per heavy atom. The first-order valence-electron chi connectivity index (χ1n) is 7.78. The average molecular weight is 362 g/mol. The Morgan fingerprint density at radius 1 is 0.923 bits per heavy atom. The molecule has 6 nitrogen and oxygen atoms in total. The maximum Gasteiger partial charge on any atom is 0.161 e. The van der Waals surface area contributed by atoms with Crippen molar-refractivity contribution in [3.8, 4) is 22.8 Å². The third kappa shape index (κ3) is 3.50. The molecule has 1 aromatic carbocycles. The number of pyridine rings is 1. The highest BCUT2D eigenvalue weighted by molar-refractivity contribution is 6.30. The molecule has 3 aromatic heterocycles. The highest BCUT2D eigenvalue weighted by Gasteiger charge is 2.13. The molecule has 0 N–H and O–H groups in total. The monoisotopic (exact) mass is 361 g/mol. The molecule has 0 aliphatic carbocycles. The van der Waals surface area contributed by atoms with Crippen molar-refractivity contribution in [2.24, 2.45) is 10.2 Å². The van der Waals surface area contributed by atoms with Gasteiger partial charge in [0.1, 0.15) is 11.4 Å². The lowest BCUT2D eigenvalue weighted by molar-refractivity contribution is 0.580. The van der Waals surface area contributed by atoms with Crippen LogP contribution in [0.4, 0.5) is 11.4 Å². The predicted molar refractivity (Wildman–Crippen MR) is 98.6 cm³/mol. The Balaban J connectivity index is 1.75. The van der Waals surface area contributed by atoms with Gasteiger partial charge < -0.3 is 4.42 Å². The van der Waals surface area contributed by atoms with Crippen molar-refractivity contribution in [1.29, 1.82) is 0 Å². The summed E-state index contributed by atoms with van der Waals surface area (Å²) in [7, 11) is 0. The first-order valence-corrected chi connectivity index (χ1v) is 8.16. The van der Waals surface area contributed by atoms with Crippen LogP contribution in [0.1, 0.15) is 0 Å². The first-order chi connectivity index (χ1) is 12.8. The Bertz CT molecular complexity index is 1030. The van der Waals surface area contributed by atoms with Gasteiger partial charge >= 0.3 is 0 Å². The molecule has 0 unspecified atom stereocenters. The quantitative estimate of drug-likeness (QED) is 0.426. The van der Waals surface area contributed by atoms with Gasteiger partial charge in [0.2, 0.25) is 0 Å². The molecule has 3 heterocycles. The summed E-state index contributed by atoms with van der Waals surface area (Å²) in [6.07, 6.45) is 6.61. The summed E-state index contributed by atoms with van der Waals surface area (Å²) >= 11 is 5.89. The van der Waals surface area contributed by atoms with Gasteiger partial charge in [-0.25, -0.2) is 9.97 Å². The van der Waals surface area contributed by atoms with Gasteiger partial charge in [-0.3, -0.25) is 4.98 Å². The minimum atomic E-state index is 0.502. The Kier molecular flexibility index (Phi) is 4.49. The van der Waals surface area contributed by atoms with Gasteiger partial charge in [-0.05, 0) is 48.5 Å². The van der Waals surface area contributed by atoms with Crippen LogP contribution in [0, 0.1) is 0 Å². The zero-order valence-electron chi connectivity index (χ0n) is 13.5. The molecule has 0 aliphatic heterocycles. The van der Waals surface area contributed by atoms with Gasteiger partial charge in [-0.1, -0.05) is 11.6 Å². The molecule has 0 spiro atoms. The summed E-state index contributed by atoms with van der Waals surface area (Å²) in [5.41, 5.74) is 2.54. The molecule has 26 heavy (non-hydrogen) atoms. The number of rotatable bonds is 4. The standard InChI is InChI=1S/C19H12ClN5O/c20-14-5-7-15(8-6-14)24-25-16-12-22-19(13-3-1-9-21-11-13)23-18(16)17-4-2-10-26-17/h1-12H. The second-order valence-electron chi connectivity index (χ2n) is 5.32. The second kappa shape index (κ2) is 7.25. The highest BCUT2D eigenvalue weighted by atomic mass is 35.5. The molecule has 7 heteroatoms. The Labute approximate surface area is 154 Å². The van der Waals surface area contributed by atoms with Crippen molar-refractivity contribution in [2.75, 3.05) is 0 Å². The zero-order chi connectivity index (χ0) is 17.8. The molecule has 0 bridgehead atoms. The van der Waals surface area contributed by atoms with E-state index in [0.717, 1.165) is 5.56 Å². The fourth-order valence-corrected chi connectivity index (χ4v) is 2.42. The number of hydrogen-bond acceptors (Lipinski definition) is 6. The van der Waals surface area contributed by atoms with Crippen molar-refractivity contribution in [3.63, 3.8) is 0 Å². The molecular weight excluding hydrogens is 350 g/mol. The molecule has 0 amide bonds. The van der Waals surface area contributed by atoms with Gasteiger partial charge in [0, 0.05) is 23.0 Å². The van der Waals surface area contributed by atoms with E-state index < -0.39 is 0 Å². The molecule has 0 atom stereocenters. The third-order valence-corrected chi connectivity index (χ3v) is 3.80. The Morgan fingerprint density at radius 3 is 2.54 bits per heavy atom. The summed E-state index contributed by atoms with van der Waals surface area (Å²) in [6, 6.07) is 14.4. The number of aromatic nitrogens is 3. The van der Waals surface area contributed by atoms with Crippen LogP contribution in [0.5, 0.6) is 0 Å².